The minimum absolute atomic E-state index is 0.346. The Balaban J connectivity index is 2.56. The van der Waals surface area contributed by atoms with Gasteiger partial charge in [-0.2, -0.15) is 0 Å². The summed E-state index contributed by atoms with van der Waals surface area (Å²) in [6.07, 6.45) is 1.08. The lowest BCUT2D eigenvalue weighted by Crippen LogP contribution is -2.12. The Labute approximate surface area is 86.3 Å². The molecule has 0 aliphatic rings. The first kappa shape index (κ1) is 11.7. The highest BCUT2D eigenvalue weighted by Gasteiger charge is 2.12. The van der Waals surface area contributed by atoms with E-state index >= 15 is 0 Å². The van der Waals surface area contributed by atoms with Gasteiger partial charge in [-0.15, -0.1) is 0 Å². The van der Waals surface area contributed by atoms with Crippen LogP contribution in [-0.2, 0) is 17.8 Å². The summed E-state index contributed by atoms with van der Waals surface area (Å²) in [4.78, 5) is 10.6. The van der Waals surface area contributed by atoms with E-state index in [4.69, 9.17) is 5.11 Å². The quantitative estimate of drug-likeness (QED) is 0.819. The van der Waals surface area contributed by atoms with Gasteiger partial charge in [-0.1, -0.05) is 6.92 Å². The number of carboxylic acid groups (broad SMARTS) is 1. The summed E-state index contributed by atoms with van der Waals surface area (Å²) in [6, 6.07) is 1.67. The lowest BCUT2D eigenvalue weighted by Gasteiger charge is -2.03. The molecule has 15 heavy (non-hydrogen) atoms. The van der Waals surface area contributed by atoms with Gasteiger partial charge in [-0.3, -0.25) is 4.79 Å². The number of carboxylic acids is 1. The maximum absolute atomic E-state index is 12.0. The number of hydrogen-bond donors (Lipinski definition) is 1. The molecule has 1 N–H and O–H groups in total. The fourth-order valence-corrected chi connectivity index (χ4v) is 1.33. The van der Waals surface area contributed by atoms with Crippen molar-refractivity contribution in [2.24, 2.45) is 5.92 Å². The zero-order valence-corrected chi connectivity index (χ0v) is 8.36. The molecular formula is C10H13F2NO2. The van der Waals surface area contributed by atoms with Crippen LogP contribution in [0.1, 0.15) is 12.5 Å². The van der Waals surface area contributed by atoms with Gasteiger partial charge in [0.15, 0.2) is 0 Å². The summed E-state index contributed by atoms with van der Waals surface area (Å²) < 4.78 is 25.4. The predicted octanol–water partition coefficient (Wildman–Crippen LogP) is 2.02. The average molecular weight is 217 g/mol. The topological polar surface area (TPSA) is 42.2 Å². The van der Waals surface area contributed by atoms with Crippen LogP contribution in [0.2, 0.25) is 0 Å². The van der Waals surface area contributed by atoms with E-state index in [2.05, 4.69) is 0 Å². The number of halogens is 2. The van der Waals surface area contributed by atoms with Crippen LogP contribution in [0.25, 0.3) is 0 Å². The number of aliphatic carboxylic acids is 1. The summed E-state index contributed by atoms with van der Waals surface area (Å²) in [5, 5.41) is 8.67. The molecule has 0 aliphatic heterocycles. The fourth-order valence-electron chi connectivity index (χ4n) is 1.33. The SMILES string of the molecule is CC(Cc1ccn(CC(F)F)c1)C(=O)O. The van der Waals surface area contributed by atoms with E-state index in [1.807, 2.05) is 0 Å². The van der Waals surface area contributed by atoms with Gasteiger partial charge in [0.2, 0.25) is 0 Å². The largest absolute Gasteiger partial charge is 0.481 e. The van der Waals surface area contributed by atoms with E-state index in [0.29, 0.717) is 6.42 Å². The lowest BCUT2D eigenvalue weighted by atomic mass is 10.0. The first-order valence-electron chi connectivity index (χ1n) is 4.64. The average Bonchev–Trinajstić information content (AvgIpc) is 2.51. The smallest absolute Gasteiger partial charge is 0.306 e. The Bertz CT molecular complexity index is 336. The Kier molecular flexibility index (Phi) is 3.82. The molecule has 0 aliphatic carbocycles. The molecule has 1 rings (SSSR count). The Morgan fingerprint density at radius 3 is 2.80 bits per heavy atom. The highest BCUT2D eigenvalue weighted by molar-refractivity contribution is 5.69. The number of rotatable bonds is 5. The number of hydrogen-bond acceptors (Lipinski definition) is 1. The minimum Gasteiger partial charge on any atom is -0.481 e. The van der Waals surface area contributed by atoms with E-state index < -0.39 is 18.3 Å². The van der Waals surface area contributed by atoms with Gasteiger partial charge < -0.3 is 9.67 Å². The molecular weight excluding hydrogens is 204 g/mol. The van der Waals surface area contributed by atoms with Crippen molar-refractivity contribution in [1.29, 1.82) is 0 Å². The summed E-state index contributed by atoms with van der Waals surface area (Å²) >= 11 is 0. The molecule has 1 heterocycles. The van der Waals surface area contributed by atoms with E-state index in [0.717, 1.165) is 5.56 Å². The highest BCUT2D eigenvalue weighted by atomic mass is 19.3. The van der Waals surface area contributed by atoms with Gasteiger partial charge in [0, 0.05) is 12.4 Å². The van der Waals surface area contributed by atoms with Crippen molar-refractivity contribution < 1.29 is 18.7 Å². The van der Waals surface area contributed by atoms with Gasteiger partial charge in [0.05, 0.1) is 12.5 Å². The van der Waals surface area contributed by atoms with Crippen LogP contribution in [0.4, 0.5) is 8.78 Å². The highest BCUT2D eigenvalue weighted by Crippen LogP contribution is 2.10. The normalized spacial score (nSPS) is 13.1. The molecule has 1 aromatic rings. The number of nitrogens with zero attached hydrogens (tertiary/aromatic N) is 1. The molecule has 1 aromatic heterocycles. The van der Waals surface area contributed by atoms with E-state index in [1.54, 1.807) is 19.2 Å². The first-order chi connectivity index (χ1) is 6.99. The Morgan fingerprint density at radius 1 is 1.60 bits per heavy atom. The van der Waals surface area contributed by atoms with Crippen molar-refractivity contribution in [3.05, 3.63) is 24.0 Å². The summed E-state index contributed by atoms with van der Waals surface area (Å²) in [6.45, 7) is 1.24. The molecule has 0 fully saturated rings. The second-order valence-electron chi connectivity index (χ2n) is 3.55. The zero-order chi connectivity index (χ0) is 11.4. The van der Waals surface area contributed by atoms with E-state index in [-0.39, 0.29) is 6.54 Å². The van der Waals surface area contributed by atoms with E-state index in [9.17, 15) is 13.6 Å². The van der Waals surface area contributed by atoms with Crippen molar-refractivity contribution in [3.63, 3.8) is 0 Å². The van der Waals surface area contributed by atoms with Crippen molar-refractivity contribution in [2.75, 3.05) is 0 Å². The molecule has 0 saturated carbocycles. The van der Waals surface area contributed by atoms with Gasteiger partial charge in [-0.25, -0.2) is 8.78 Å². The van der Waals surface area contributed by atoms with Crippen molar-refractivity contribution >= 4 is 5.97 Å². The third-order valence-electron chi connectivity index (χ3n) is 2.12. The molecule has 0 amide bonds. The van der Waals surface area contributed by atoms with Gasteiger partial charge >= 0.3 is 5.97 Å². The Morgan fingerprint density at radius 2 is 2.27 bits per heavy atom. The van der Waals surface area contributed by atoms with Gasteiger partial charge in [0.1, 0.15) is 0 Å². The molecule has 1 atom stereocenters. The molecule has 1 unspecified atom stereocenters. The van der Waals surface area contributed by atoms with Crippen LogP contribution in [-0.4, -0.2) is 22.1 Å². The maximum atomic E-state index is 12.0. The Hall–Kier alpha value is -1.39. The fraction of sp³-hybridized carbons (Fsp3) is 0.500. The van der Waals surface area contributed by atoms with Crippen LogP contribution in [0.5, 0.6) is 0 Å². The lowest BCUT2D eigenvalue weighted by molar-refractivity contribution is -0.141. The van der Waals surface area contributed by atoms with Gasteiger partial charge in [-0.05, 0) is 18.1 Å². The third-order valence-corrected chi connectivity index (χ3v) is 2.12. The third kappa shape index (κ3) is 3.69. The molecule has 3 nitrogen and oxygen atoms in total. The number of carbonyl (C=O) groups is 1. The molecule has 0 radical (unpaired) electrons. The second kappa shape index (κ2) is 4.91. The minimum atomic E-state index is -2.39. The zero-order valence-electron chi connectivity index (χ0n) is 8.36. The standard InChI is InChI=1S/C10H13F2NO2/c1-7(10(14)15)4-8-2-3-13(5-8)6-9(11)12/h2-3,5,7,9H,4,6H2,1H3,(H,14,15). The summed E-state index contributed by atoms with van der Waals surface area (Å²) in [5.74, 6) is -1.37. The molecule has 5 heteroatoms. The van der Waals surface area contributed by atoms with Crippen LogP contribution in [0, 0.1) is 5.92 Å². The maximum Gasteiger partial charge on any atom is 0.306 e. The molecule has 0 aromatic carbocycles. The van der Waals surface area contributed by atoms with Crippen LogP contribution >= 0.6 is 0 Å². The van der Waals surface area contributed by atoms with Crippen LogP contribution < -0.4 is 0 Å². The second-order valence-corrected chi connectivity index (χ2v) is 3.55. The van der Waals surface area contributed by atoms with Crippen LogP contribution in [0.15, 0.2) is 18.5 Å². The van der Waals surface area contributed by atoms with Crippen LogP contribution in [0.3, 0.4) is 0 Å². The summed E-state index contributed by atoms with van der Waals surface area (Å²) in [7, 11) is 0. The first-order valence-corrected chi connectivity index (χ1v) is 4.64. The summed E-state index contributed by atoms with van der Waals surface area (Å²) in [5.41, 5.74) is 0.769. The molecule has 84 valence electrons. The van der Waals surface area contributed by atoms with Crippen molar-refractivity contribution in [2.45, 2.75) is 26.3 Å². The van der Waals surface area contributed by atoms with Gasteiger partial charge in [0.25, 0.3) is 6.43 Å². The predicted molar refractivity (Wildman–Crippen MR) is 50.9 cm³/mol. The molecule has 0 bridgehead atoms. The molecule has 0 spiro atoms. The monoisotopic (exact) mass is 217 g/mol. The van der Waals surface area contributed by atoms with Crippen molar-refractivity contribution in [3.8, 4) is 0 Å². The van der Waals surface area contributed by atoms with Crippen molar-refractivity contribution in [1.82, 2.24) is 4.57 Å². The van der Waals surface area contributed by atoms with E-state index in [1.165, 1.54) is 10.8 Å². The molecule has 0 saturated heterocycles. The number of alkyl halides is 2. The number of aromatic nitrogens is 1.